The van der Waals surface area contributed by atoms with Crippen LogP contribution in [0.3, 0.4) is 0 Å². The monoisotopic (exact) mass is 435 g/mol. The summed E-state index contributed by atoms with van der Waals surface area (Å²) in [5, 5.41) is 18.1. The van der Waals surface area contributed by atoms with Gasteiger partial charge in [-0.2, -0.15) is 0 Å². The topological polar surface area (TPSA) is 124 Å². The van der Waals surface area contributed by atoms with Crippen LogP contribution in [0.5, 0.6) is 0 Å². The molecule has 32 heavy (non-hydrogen) atoms. The van der Waals surface area contributed by atoms with E-state index in [-0.39, 0.29) is 24.4 Å². The third-order valence-corrected chi connectivity index (χ3v) is 6.71. The van der Waals surface area contributed by atoms with Crippen LogP contribution < -0.4 is 16.0 Å². The van der Waals surface area contributed by atoms with Crippen LogP contribution in [0.25, 0.3) is 0 Å². The van der Waals surface area contributed by atoms with Crippen LogP contribution in [-0.2, 0) is 27.8 Å². The molecule has 4 N–H and O–H groups in total. The zero-order valence-electron chi connectivity index (χ0n) is 17.6. The molecule has 3 amide bonds. The second-order valence-corrected chi connectivity index (χ2v) is 8.77. The molecule has 3 heterocycles. The molecule has 0 bridgehead atoms. The Morgan fingerprint density at radius 1 is 1.25 bits per heavy atom. The molecule has 166 valence electrons. The normalized spacial score (nSPS) is 23.6. The fourth-order valence-corrected chi connectivity index (χ4v) is 5.10. The number of likely N-dealkylation sites (tertiary alicyclic amines) is 1. The van der Waals surface area contributed by atoms with E-state index >= 15 is 0 Å². The smallest absolute Gasteiger partial charge is 0.407 e. The number of carboxylic acid groups (broad SMARTS) is 1. The average Bonchev–Trinajstić information content (AvgIpc) is 3.30. The fraction of sp³-hybridized carbons (Fsp3) is 0.391. The van der Waals surface area contributed by atoms with E-state index in [0.29, 0.717) is 37.4 Å². The van der Waals surface area contributed by atoms with Crippen LogP contribution in [0.1, 0.15) is 29.5 Å². The molecule has 9 nitrogen and oxygen atoms in total. The molecular formula is C23H25N5O4. The lowest BCUT2D eigenvalue weighted by Gasteiger charge is -2.31. The predicted octanol–water partition coefficient (Wildman–Crippen LogP) is 1.74. The molecule has 1 spiro atoms. The van der Waals surface area contributed by atoms with Crippen molar-refractivity contribution in [2.75, 3.05) is 30.3 Å². The van der Waals surface area contributed by atoms with Crippen LogP contribution >= 0.6 is 0 Å². The van der Waals surface area contributed by atoms with Crippen LogP contribution in [-0.4, -0.2) is 58.6 Å². The predicted molar refractivity (Wildman–Crippen MR) is 118 cm³/mol. The molecule has 2 aromatic rings. The number of nitrogens with zero attached hydrogens (tertiary/aromatic N) is 2. The number of carbonyl (C=O) groups is 3. The standard InChI is InChI=1S/C23H25N5O4/c29-19(12-25-17-3-2-8-28(13-17)22(31)32)26-16-6-5-14-10-23(11-15(14)9-16)18-4-1-7-24-20(18)27-21(23)30/h1,4-7,9,17,25H,2-3,8,10-13H2,(H,26,29)(H,31,32)(H,24,27,30)/t17-,23+/m0/s1. The molecule has 1 fully saturated rings. The molecule has 1 saturated heterocycles. The lowest BCUT2D eigenvalue weighted by Crippen LogP contribution is -2.49. The second-order valence-electron chi connectivity index (χ2n) is 8.77. The number of nitrogens with one attached hydrogen (secondary N) is 3. The number of hydrogen-bond acceptors (Lipinski definition) is 5. The molecule has 2 atom stereocenters. The van der Waals surface area contributed by atoms with E-state index in [1.165, 1.54) is 4.90 Å². The van der Waals surface area contributed by atoms with Crippen molar-refractivity contribution in [3.05, 3.63) is 53.2 Å². The lowest BCUT2D eigenvalue weighted by atomic mass is 9.79. The van der Waals surface area contributed by atoms with E-state index < -0.39 is 11.5 Å². The van der Waals surface area contributed by atoms with Gasteiger partial charge in [0.1, 0.15) is 5.82 Å². The highest BCUT2D eigenvalue weighted by molar-refractivity contribution is 6.06. The van der Waals surface area contributed by atoms with Gasteiger partial charge in [0, 0.05) is 36.6 Å². The summed E-state index contributed by atoms with van der Waals surface area (Å²) in [7, 11) is 0. The van der Waals surface area contributed by atoms with Crippen molar-refractivity contribution in [2.45, 2.75) is 37.1 Å². The van der Waals surface area contributed by atoms with E-state index in [2.05, 4.69) is 20.9 Å². The number of fused-ring (bicyclic) bond motifs is 3. The molecule has 1 aliphatic carbocycles. The van der Waals surface area contributed by atoms with Crippen molar-refractivity contribution in [3.63, 3.8) is 0 Å². The van der Waals surface area contributed by atoms with Crippen LogP contribution in [0.2, 0.25) is 0 Å². The van der Waals surface area contributed by atoms with Gasteiger partial charge in [-0.3, -0.25) is 9.59 Å². The van der Waals surface area contributed by atoms with Gasteiger partial charge in [0.05, 0.1) is 12.0 Å². The zero-order chi connectivity index (χ0) is 22.3. The van der Waals surface area contributed by atoms with Gasteiger partial charge in [0.2, 0.25) is 11.8 Å². The van der Waals surface area contributed by atoms with E-state index in [1.807, 2.05) is 30.3 Å². The Balaban J connectivity index is 1.22. The van der Waals surface area contributed by atoms with Crippen molar-refractivity contribution < 1.29 is 19.5 Å². The van der Waals surface area contributed by atoms with Gasteiger partial charge in [-0.25, -0.2) is 9.78 Å². The van der Waals surface area contributed by atoms with Gasteiger partial charge in [0.15, 0.2) is 0 Å². The number of benzene rings is 1. The molecule has 0 radical (unpaired) electrons. The van der Waals surface area contributed by atoms with Crippen molar-refractivity contribution in [1.29, 1.82) is 0 Å². The number of piperidine rings is 1. The number of amides is 3. The van der Waals surface area contributed by atoms with E-state index in [4.69, 9.17) is 5.11 Å². The molecule has 9 heteroatoms. The molecular weight excluding hydrogens is 410 g/mol. The van der Waals surface area contributed by atoms with Crippen molar-refractivity contribution in [3.8, 4) is 0 Å². The van der Waals surface area contributed by atoms with Gasteiger partial charge in [-0.1, -0.05) is 12.1 Å². The number of pyridine rings is 1. The third kappa shape index (κ3) is 3.58. The summed E-state index contributed by atoms with van der Waals surface area (Å²) >= 11 is 0. The minimum Gasteiger partial charge on any atom is -0.465 e. The third-order valence-electron chi connectivity index (χ3n) is 6.71. The Morgan fingerprint density at radius 3 is 2.94 bits per heavy atom. The fourth-order valence-electron chi connectivity index (χ4n) is 5.10. The minimum atomic E-state index is -0.925. The summed E-state index contributed by atoms with van der Waals surface area (Å²) in [5.74, 6) is 0.424. The first-order valence-corrected chi connectivity index (χ1v) is 10.8. The van der Waals surface area contributed by atoms with E-state index in [0.717, 1.165) is 29.5 Å². The van der Waals surface area contributed by atoms with Crippen molar-refractivity contribution >= 4 is 29.4 Å². The summed E-state index contributed by atoms with van der Waals surface area (Å²) in [6, 6.07) is 9.55. The van der Waals surface area contributed by atoms with E-state index in [1.54, 1.807) is 6.20 Å². The SMILES string of the molecule is O=C(CN[C@H]1CCCN(C(=O)O)C1)Nc1ccc2c(c1)C[C@@]1(C2)C(=O)Nc2ncccc21. The number of anilines is 2. The largest absolute Gasteiger partial charge is 0.465 e. The van der Waals surface area contributed by atoms with Crippen LogP contribution in [0, 0.1) is 0 Å². The molecule has 1 aromatic heterocycles. The summed E-state index contributed by atoms with van der Waals surface area (Å²) in [5.41, 5.74) is 3.13. The van der Waals surface area contributed by atoms with Crippen molar-refractivity contribution in [2.24, 2.45) is 0 Å². The summed E-state index contributed by atoms with van der Waals surface area (Å²) in [4.78, 5) is 42.1. The molecule has 3 aliphatic rings. The maximum Gasteiger partial charge on any atom is 0.407 e. The Kier molecular flexibility index (Phi) is 5.05. The first-order valence-electron chi connectivity index (χ1n) is 10.8. The highest BCUT2D eigenvalue weighted by Gasteiger charge is 2.51. The summed E-state index contributed by atoms with van der Waals surface area (Å²) in [6.45, 7) is 1.04. The van der Waals surface area contributed by atoms with E-state index in [9.17, 15) is 14.4 Å². The summed E-state index contributed by atoms with van der Waals surface area (Å²) in [6.07, 6.45) is 3.56. The van der Waals surface area contributed by atoms with Crippen LogP contribution in [0.15, 0.2) is 36.5 Å². The highest BCUT2D eigenvalue weighted by atomic mass is 16.4. The number of aromatic nitrogens is 1. The Morgan fingerprint density at radius 2 is 2.09 bits per heavy atom. The highest BCUT2D eigenvalue weighted by Crippen LogP contribution is 2.46. The van der Waals surface area contributed by atoms with Crippen molar-refractivity contribution in [1.82, 2.24) is 15.2 Å². The molecule has 2 aliphatic heterocycles. The quantitative estimate of drug-likeness (QED) is 0.580. The summed E-state index contributed by atoms with van der Waals surface area (Å²) < 4.78 is 0. The Bertz CT molecular complexity index is 1100. The maximum atomic E-state index is 12.8. The number of hydrogen-bond donors (Lipinski definition) is 4. The maximum absolute atomic E-state index is 12.8. The Labute approximate surface area is 185 Å². The van der Waals surface area contributed by atoms with Gasteiger partial charge in [-0.15, -0.1) is 0 Å². The first-order chi connectivity index (χ1) is 15.4. The second kappa shape index (κ2) is 7.90. The lowest BCUT2D eigenvalue weighted by molar-refractivity contribution is -0.120. The van der Waals surface area contributed by atoms with Gasteiger partial charge < -0.3 is 26.0 Å². The molecule has 1 aromatic carbocycles. The van der Waals surface area contributed by atoms with Gasteiger partial charge >= 0.3 is 6.09 Å². The Hall–Kier alpha value is -3.46. The van der Waals surface area contributed by atoms with Gasteiger partial charge in [-0.05, 0) is 55.0 Å². The van der Waals surface area contributed by atoms with Crippen LogP contribution in [0.4, 0.5) is 16.3 Å². The molecule has 0 saturated carbocycles. The first kappa shape index (κ1) is 20.4. The molecule has 0 unspecified atom stereocenters. The van der Waals surface area contributed by atoms with Gasteiger partial charge in [0.25, 0.3) is 0 Å². The minimum absolute atomic E-state index is 0.0277. The molecule has 5 rings (SSSR count). The number of carbonyl (C=O) groups excluding carboxylic acids is 2. The number of rotatable bonds is 4. The average molecular weight is 435 g/mol. The zero-order valence-corrected chi connectivity index (χ0v) is 17.6.